The van der Waals surface area contributed by atoms with Crippen molar-refractivity contribution in [2.75, 3.05) is 0 Å². The fourth-order valence-electron chi connectivity index (χ4n) is 4.46. The molecule has 2 bridgehead atoms. The van der Waals surface area contributed by atoms with Crippen molar-refractivity contribution < 1.29 is 4.52 Å². The molecule has 2 aliphatic heterocycles. The van der Waals surface area contributed by atoms with Crippen LogP contribution in [0.15, 0.2) is 28.8 Å². The summed E-state index contributed by atoms with van der Waals surface area (Å²) in [6.07, 6.45) is 6.06. The van der Waals surface area contributed by atoms with Gasteiger partial charge in [0.25, 0.3) is 0 Å². The SMILES string of the molecule is c1ccc2c(c1)C1CCC2N1Cc1noc2c1CCC2. The van der Waals surface area contributed by atoms with E-state index in [0.29, 0.717) is 12.1 Å². The van der Waals surface area contributed by atoms with E-state index in [9.17, 15) is 0 Å². The molecule has 0 radical (unpaired) electrons. The Bertz CT molecular complexity index is 644. The summed E-state index contributed by atoms with van der Waals surface area (Å²) >= 11 is 0. The van der Waals surface area contributed by atoms with Gasteiger partial charge in [-0.25, -0.2) is 0 Å². The first kappa shape index (κ1) is 11.1. The van der Waals surface area contributed by atoms with Crippen LogP contribution in [0.5, 0.6) is 0 Å². The van der Waals surface area contributed by atoms with E-state index in [1.54, 1.807) is 11.1 Å². The highest BCUT2D eigenvalue weighted by molar-refractivity contribution is 5.40. The topological polar surface area (TPSA) is 29.3 Å². The minimum Gasteiger partial charge on any atom is -0.361 e. The van der Waals surface area contributed by atoms with E-state index in [4.69, 9.17) is 4.52 Å². The summed E-state index contributed by atoms with van der Waals surface area (Å²) in [5, 5.41) is 4.34. The zero-order valence-corrected chi connectivity index (χ0v) is 11.5. The highest BCUT2D eigenvalue weighted by atomic mass is 16.5. The summed E-state index contributed by atoms with van der Waals surface area (Å²) in [5.74, 6) is 1.14. The van der Waals surface area contributed by atoms with Crippen LogP contribution in [0.1, 0.15) is 59.5 Å². The van der Waals surface area contributed by atoms with E-state index < -0.39 is 0 Å². The Balaban J connectivity index is 1.49. The number of hydrogen-bond acceptors (Lipinski definition) is 3. The van der Waals surface area contributed by atoms with Crippen LogP contribution in [0.2, 0.25) is 0 Å². The van der Waals surface area contributed by atoms with E-state index in [0.717, 1.165) is 25.1 Å². The van der Waals surface area contributed by atoms with Crippen LogP contribution in [-0.2, 0) is 19.4 Å². The third-order valence-electron chi connectivity index (χ3n) is 5.34. The van der Waals surface area contributed by atoms with Crippen molar-refractivity contribution in [3.63, 3.8) is 0 Å². The Hall–Kier alpha value is -1.61. The van der Waals surface area contributed by atoms with Crippen LogP contribution in [-0.4, -0.2) is 10.1 Å². The molecule has 1 aromatic heterocycles. The molecule has 3 heterocycles. The first-order valence-corrected chi connectivity index (χ1v) is 7.72. The summed E-state index contributed by atoms with van der Waals surface area (Å²) in [7, 11) is 0. The Morgan fingerprint density at radius 1 is 1.10 bits per heavy atom. The zero-order valence-electron chi connectivity index (χ0n) is 11.5. The van der Waals surface area contributed by atoms with Crippen LogP contribution in [0.3, 0.4) is 0 Å². The number of hydrogen-bond donors (Lipinski definition) is 0. The van der Waals surface area contributed by atoms with Gasteiger partial charge in [0.2, 0.25) is 0 Å². The molecule has 2 unspecified atom stereocenters. The maximum Gasteiger partial charge on any atom is 0.140 e. The average molecular weight is 266 g/mol. The van der Waals surface area contributed by atoms with Crippen molar-refractivity contribution in [2.24, 2.45) is 0 Å². The molecular weight excluding hydrogens is 248 g/mol. The maximum absolute atomic E-state index is 5.51. The average Bonchev–Trinajstić information content (AvgIpc) is 3.21. The van der Waals surface area contributed by atoms with Gasteiger partial charge in [-0.1, -0.05) is 29.4 Å². The predicted octanol–water partition coefficient (Wildman–Crippen LogP) is 3.56. The van der Waals surface area contributed by atoms with Gasteiger partial charge in [-0.3, -0.25) is 4.90 Å². The van der Waals surface area contributed by atoms with Crippen LogP contribution in [0, 0.1) is 0 Å². The Labute approximate surface area is 118 Å². The second kappa shape index (κ2) is 3.95. The van der Waals surface area contributed by atoms with Gasteiger partial charge in [0, 0.05) is 30.6 Å². The minimum atomic E-state index is 0.602. The molecule has 20 heavy (non-hydrogen) atoms. The van der Waals surface area contributed by atoms with Crippen LogP contribution >= 0.6 is 0 Å². The third-order valence-corrected chi connectivity index (χ3v) is 5.34. The van der Waals surface area contributed by atoms with Crippen molar-refractivity contribution in [2.45, 2.75) is 50.7 Å². The Morgan fingerprint density at radius 3 is 2.60 bits per heavy atom. The van der Waals surface area contributed by atoms with Crippen molar-refractivity contribution in [3.05, 3.63) is 52.4 Å². The molecule has 3 nitrogen and oxygen atoms in total. The second-order valence-corrected chi connectivity index (χ2v) is 6.29. The minimum absolute atomic E-state index is 0.602. The molecule has 3 heteroatoms. The highest BCUT2D eigenvalue weighted by Gasteiger charge is 2.44. The molecule has 5 rings (SSSR count). The molecule has 1 aromatic carbocycles. The van der Waals surface area contributed by atoms with E-state index in [1.165, 1.54) is 30.5 Å². The molecule has 0 amide bonds. The molecule has 1 aliphatic carbocycles. The maximum atomic E-state index is 5.51. The monoisotopic (exact) mass is 266 g/mol. The van der Waals surface area contributed by atoms with Gasteiger partial charge in [-0.05, 0) is 36.8 Å². The predicted molar refractivity (Wildman–Crippen MR) is 75.2 cm³/mol. The molecule has 2 atom stereocenters. The lowest BCUT2D eigenvalue weighted by Crippen LogP contribution is -2.20. The van der Waals surface area contributed by atoms with Gasteiger partial charge < -0.3 is 4.52 Å². The Kier molecular flexibility index (Phi) is 2.19. The largest absolute Gasteiger partial charge is 0.361 e. The number of aromatic nitrogens is 1. The molecule has 2 aromatic rings. The molecular formula is C17H18N2O. The lowest BCUT2D eigenvalue weighted by Gasteiger charge is -2.21. The quantitative estimate of drug-likeness (QED) is 0.832. The number of aryl methyl sites for hydroxylation is 1. The molecule has 0 spiro atoms. The number of nitrogens with zero attached hydrogens (tertiary/aromatic N) is 2. The van der Waals surface area contributed by atoms with Gasteiger partial charge >= 0.3 is 0 Å². The summed E-state index contributed by atoms with van der Waals surface area (Å²) < 4.78 is 5.51. The molecule has 102 valence electrons. The van der Waals surface area contributed by atoms with Gasteiger partial charge in [-0.15, -0.1) is 0 Å². The fourth-order valence-corrected chi connectivity index (χ4v) is 4.46. The first-order chi connectivity index (χ1) is 9.92. The molecule has 0 N–H and O–H groups in total. The van der Waals surface area contributed by atoms with Gasteiger partial charge in [-0.2, -0.15) is 0 Å². The van der Waals surface area contributed by atoms with Crippen LogP contribution < -0.4 is 0 Å². The molecule has 0 saturated carbocycles. The summed E-state index contributed by atoms with van der Waals surface area (Å²) in [5.41, 5.74) is 5.69. The van der Waals surface area contributed by atoms with E-state index in [1.807, 2.05) is 0 Å². The smallest absolute Gasteiger partial charge is 0.140 e. The summed E-state index contributed by atoms with van der Waals surface area (Å²) in [6.45, 7) is 0.961. The van der Waals surface area contributed by atoms with Crippen LogP contribution in [0.4, 0.5) is 0 Å². The lowest BCUT2D eigenvalue weighted by molar-refractivity contribution is 0.206. The second-order valence-electron chi connectivity index (χ2n) is 6.29. The van der Waals surface area contributed by atoms with Gasteiger partial charge in [0.05, 0.1) is 0 Å². The lowest BCUT2D eigenvalue weighted by atomic mass is 9.92. The van der Waals surface area contributed by atoms with Crippen molar-refractivity contribution in [1.29, 1.82) is 0 Å². The molecule has 1 saturated heterocycles. The zero-order chi connectivity index (χ0) is 13.1. The van der Waals surface area contributed by atoms with Crippen LogP contribution in [0.25, 0.3) is 0 Å². The van der Waals surface area contributed by atoms with E-state index in [2.05, 4.69) is 34.3 Å². The van der Waals surface area contributed by atoms with Crippen molar-refractivity contribution >= 4 is 0 Å². The third kappa shape index (κ3) is 1.36. The normalized spacial score (nSPS) is 27.0. The molecule has 1 fully saturated rings. The molecule has 3 aliphatic rings. The highest BCUT2D eigenvalue weighted by Crippen LogP contribution is 2.53. The number of benzene rings is 1. The van der Waals surface area contributed by atoms with E-state index in [-0.39, 0.29) is 0 Å². The van der Waals surface area contributed by atoms with Crippen molar-refractivity contribution in [1.82, 2.24) is 10.1 Å². The van der Waals surface area contributed by atoms with Gasteiger partial charge in [0.15, 0.2) is 0 Å². The Morgan fingerprint density at radius 2 is 1.85 bits per heavy atom. The fraction of sp³-hybridized carbons (Fsp3) is 0.471. The summed E-state index contributed by atoms with van der Waals surface area (Å²) in [6, 6.07) is 10.2. The van der Waals surface area contributed by atoms with E-state index >= 15 is 0 Å². The standard InChI is InChI=1S/C17H18N2O/c1-2-5-12-11(4-1)15-8-9-16(12)19(15)10-14-13-6-3-7-17(13)20-18-14/h1-2,4-5,15-16H,3,6-10H2. The summed E-state index contributed by atoms with van der Waals surface area (Å²) in [4.78, 5) is 2.64. The number of fused-ring (bicyclic) bond motifs is 6. The van der Waals surface area contributed by atoms with Gasteiger partial charge in [0.1, 0.15) is 11.5 Å². The van der Waals surface area contributed by atoms with Crippen molar-refractivity contribution in [3.8, 4) is 0 Å². The number of rotatable bonds is 2. The first-order valence-electron chi connectivity index (χ1n) is 7.72.